The SMILES string of the molecule is CC(=O)O.Fc1ccc(-n2nc[c-]c2-c2ccncc2)cc1.[Li+]. The van der Waals surface area contributed by atoms with Gasteiger partial charge in [-0.1, -0.05) is 5.69 Å². The van der Waals surface area contributed by atoms with Crippen LogP contribution in [0.4, 0.5) is 4.39 Å². The van der Waals surface area contributed by atoms with Crippen LogP contribution in [0.5, 0.6) is 0 Å². The quantitative estimate of drug-likeness (QED) is 0.533. The summed E-state index contributed by atoms with van der Waals surface area (Å²) < 4.78 is 14.6. The summed E-state index contributed by atoms with van der Waals surface area (Å²) >= 11 is 0. The van der Waals surface area contributed by atoms with E-state index in [4.69, 9.17) is 9.90 Å². The largest absolute Gasteiger partial charge is 1.00 e. The van der Waals surface area contributed by atoms with E-state index in [1.807, 2.05) is 12.1 Å². The Labute approximate surface area is 145 Å². The second-order valence-electron chi connectivity index (χ2n) is 4.28. The number of rotatable bonds is 2. The Hall–Kier alpha value is -2.42. The standard InChI is InChI=1S/C14H9FN3.C2H4O2.Li/c15-12-1-3-13(4-2-12)18-14(7-10-17-18)11-5-8-16-9-6-11;1-2(3)4;/h1-6,8-10H;1H3,(H,3,4);/q-1;;+1. The predicted octanol–water partition coefficient (Wildman–Crippen LogP) is -0.0315. The van der Waals surface area contributed by atoms with Crippen LogP contribution < -0.4 is 18.9 Å². The maximum Gasteiger partial charge on any atom is 1.00 e. The third kappa shape index (κ3) is 5.37. The number of hydrogen-bond donors (Lipinski definition) is 1. The summed E-state index contributed by atoms with van der Waals surface area (Å²) in [6.07, 6.45) is 5.02. The molecule has 1 N–H and O–H groups in total. The molecule has 0 bridgehead atoms. The van der Waals surface area contributed by atoms with Gasteiger partial charge in [0.15, 0.2) is 0 Å². The third-order valence-corrected chi connectivity index (χ3v) is 2.61. The molecule has 0 fully saturated rings. The van der Waals surface area contributed by atoms with E-state index in [9.17, 15) is 4.39 Å². The van der Waals surface area contributed by atoms with Gasteiger partial charge in [-0.25, -0.2) is 10.5 Å². The van der Waals surface area contributed by atoms with Crippen LogP contribution >= 0.6 is 0 Å². The normalized spacial score (nSPS) is 9.30. The number of halogens is 1. The summed E-state index contributed by atoms with van der Waals surface area (Å²) in [5.41, 5.74) is 2.58. The van der Waals surface area contributed by atoms with Crippen molar-refractivity contribution < 1.29 is 33.2 Å². The predicted molar refractivity (Wildman–Crippen MR) is 78.9 cm³/mol. The van der Waals surface area contributed by atoms with Crippen molar-refractivity contribution in [1.82, 2.24) is 14.8 Å². The number of pyridine rings is 1. The number of benzene rings is 1. The molecule has 3 rings (SSSR count). The van der Waals surface area contributed by atoms with E-state index >= 15 is 0 Å². The van der Waals surface area contributed by atoms with Crippen LogP contribution in [0.2, 0.25) is 0 Å². The van der Waals surface area contributed by atoms with E-state index in [-0.39, 0.29) is 24.7 Å². The summed E-state index contributed by atoms with van der Waals surface area (Å²) in [4.78, 5) is 13.0. The molecule has 0 amide bonds. The monoisotopic (exact) mass is 305 g/mol. The molecule has 112 valence electrons. The minimum Gasteiger partial charge on any atom is -0.481 e. The van der Waals surface area contributed by atoms with Crippen molar-refractivity contribution in [2.45, 2.75) is 6.92 Å². The van der Waals surface area contributed by atoms with Crippen LogP contribution in [0.15, 0.2) is 55.0 Å². The fraction of sp³-hybridized carbons (Fsp3) is 0.0625. The molecule has 0 aliphatic heterocycles. The second-order valence-corrected chi connectivity index (χ2v) is 4.28. The number of nitrogens with zero attached hydrogens (tertiary/aromatic N) is 3. The van der Waals surface area contributed by atoms with E-state index in [0.717, 1.165) is 23.9 Å². The first-order valence-electron chi connectivity index (χ1n) is 6.39. The van der Waals surface area contributed by atoms with Crippen LogP contribution in [0.1, 0.15) is 6.92 Å². The van der Waals surface area contributed by atoms with Gasteiger partial charge in [0.25, 0.3) is 5.97 Å². The third-order valence-electron chi connectivity index (χ3n) is 2.61. The Morgan fingerprint density at radius 1 is 1.17 bits per heavy atom. The Kier molecular flexibility index (Phi) is 7.19. The number of carbonyl (C=O) groups is 1. The zero-order valence-electron chi connectivity index (χ0n) is 12.8. The first kappa shape index (κ1) is 18.6. The smallest absolute Gasteiger partial charge is 0.481 e. The van der Waals surface area contributed by atoms with Gasteiger partial charge in [-0.15, -0.1) is 17.7 Å². The molecule has 2 heterocycles. The molecule has 0 atom stereocenters. The van der Waals surface area contributed by atoms with E-state index < -0.39 is 5.97 Å². The molecule has 0 aliphatic carbocycles. The molecular weight excluding hydrogens is 292 g/mol. The van der Waals surface area contributed by atoms with Crippen molar-refractivity contribution in [3.63, 3.8) is 0 Å². The fourth-order valence-corrected chi connectivity index (χ4v) is 1.76. The summed E-state index contributed by atoms with van der Waals surface area (Å²) in [6, 6.07) is 13.0. The Bertz CT molecular complexity index is 742. The summed E-state index contributed by atoms with van der Waals surface area (Å²) in [6.45, 7) is 1.08. The number of aromatic nitrogens is 3. The van der Waals surface area contributed by atoms with Crippen LogP contribution in [0, 0.1) is 11.9 Å². The molecule has 23 heavy (non-hydrogen) atoms. The molecule has 5 nitrogen and oxygen atoms in total. The van der Waals surface area contributed by atoms with Gasteiger partial charge >= 0.3 is 18.9 Å². The van der Waals surface area contributed by atoms with Gasteiger partial charge in [0.05, 0.1) is 5.69 Å². The van der Waals surface area contributed by atoms with E-state index in [1.54, 1.807) is 35.4 Å². The van der Waals surface area contributed by atoms with Crippen molar-refractivity contribution in [3.05, 3.63) is 66.9 Å². The summed E-state index contributed by atoms with van der Waals surface area (Å²) in [7, 11) is 0. The molecule has 0 saturated heterocycles. The van der Waals surface area contributed by atoms with Crippen molar-refractivity contribution >= 4 is 5.97 Å². The summed E-state index contributed by atoms with van der Waals surface area (Å²) in [5, 5.41) is 11.6. The minimum absolute atomic E-state index is 0. The van der Waals surface area contributed by atoms with Gasteiger partial charge in [-0.05, 0) is 30.5 Å². The average molecular weight is 305 g/mol. The van der Waals surface area contributed by atoms with E-state index in [1.165, 1.54) is 12.1 Å². The molecular formula is C16H13FLiN3O2. The Balaban J connectivity index is 0.000000478. The molecule has 7 heteroatoms. The molecule has 0 aliphatic rings. The van der Waals surface area contributed by atoms with Crippen molar-refractivity contribution in [3.8, 4) is 16.9 Å². The maximum absolute atomic E-state index is 12.9. The van der Waals surface area contributed by atoms with Crippen molar-refractivity contribution in [2.75, 3.05) is 0 Å². The van der Waals surface area contributed by atoms with Crippen LogP contribution in [0.25, 0.3) is 16.9 Å². The van der Waals surface area contributed by atoms with Crippen molar-refractivity contribution in [2.24, 2.45) is 0 Å². The van der Waals surface area contributed by atoms with E-state index in [0.29, 0.717) is 0 Å². The molecule has 0 spiro atoms. The average Bonchev–Trinajstić information content (AvgIpc) is 2.98. The first-order valence-corrected chi connectivity index (χ1v) is 6.39. The van der Waals surface area contributed by atoms with Crippen LogP contribution in [-0.4, -0.2) is 25.8 Å². The topological polar surface area (TPSA) is 68.0 Å². The molecule has 2 aromatic heterocycles. The van der Waals surface area contributed by atoms with Crippen molar-refractivity contribution in [1.29, 1.82) is 0 Å². The molecule has 3 aromatic rings. The van der Waals surface area contributed by atoms with Gasteiger partial charge in [-0.2, -0.15) is 5.10 Å². The maximum atomic E-state index is 12.9. The fourth-order valence-electron chi connectivity index (χ4n) is 1.76. The molecule has 0 radical (unpaired) electrons. The van der Waals surface area contributed by atoms with Gasteiger partial charge in [0, 0.05) is 19.3 Å². The number of hydrogen-bond acceptors (Lipinski definition) is 3. The molecule has 0 saturated carbocycles. The number of carboxylic acid groups (broad SMARTS) is 1. The zero-order chi connectivity index (χ0) is 15.9. The Morgan fingerprint density at radius 2 is 1.74 bits per heavy atom. The van der Waals surface area contributed by atoms with Crippen LogP contribution in [-0.2, 0) is 4.79 Å². The number of carboxylic acids is 1. The van der Waals surface area contributed by atoms with Gasteiger partial charge in [0.2, 0.25) is 0 Å². The second kappa shape index (κ2) is 8.88. The molecule has 1 aromatic carbocycles. The zero-order valence-corrected chi connectivity index (χ0v) is 12.8. The van der Waals surface area contributed by atoms with Gasteiger partial charge < -0.3 is 5.11 Å². The minimum atomic E-state index is -0.833. The van der Waals surface area contributed by atoms with Gasteiger partial charge in [0.1, 0.15) is 5.82 Å². The van der Waals surface area contributed by atoms with Gasteiger partial charge in [-0.3, -0.25) is 14.5 Å². The number of aliphatic carboxylic acids is 1. The molecule has 0 unspecified atom stereocenters. The van der Waals surface area contributed by atoms with Crippen LogP contribution in [0.3, 0.4) is 0 Å². The Morgan fingerprint density at radius 3 is 2.30 bits per heavy atom. The summed E-state index contributed by atoms with van der Waals surface area (Å²) in [5.74, 6) is -1.10. The van der Waals surface area contributed by atoms with E-state index in [2.05, 4.69) is 16.1 Å². The first-order chi connectivity index (χ1) is 10.6.